The van der Waals surface area contributed by atoms with Gasteiger partial charge < -0.3 is 4.57 Å². The molecule has 1 heterocycles. The van der Waals surface area contributed by atoms with E-state index in [1.54, 1.807) is 0 Å². The van der Waals surface area contributed by atoms with Gasteiger partial charge in [-0.3, -0.25) is 0 Å². The smallest absolute Gasteiger partial charge is 0.114 e. The Hall–Kier alpha value is -0.453. The van der Waals surface area contributed by atoms with Gasteiger partial charge in [0.05, 0.1) is 10.1 Å². The first kappa shape index (κ1) is 9.12. The zero-order chi connectivity index (χ0) is 9.42. The van der Waals surface area contributed by atoms with E-state index in [9.17, 15) is 0 Å². The summed E-state index contributed by atoms with van der Waals surface area (Å²) in [4.78, 5) is 0. The molecule has 0 aliphatic heterocycles. The number of thiocarbonyl (C=S) groups is 1. The van der Waals surface area contributed by atoms with Crippen molar-refractivity contribution in [2.75, 3.05) is 0 Å². The molecule has 0 aliphatic carbocycles. The van der Waals surface area contributed by atoms with E-state index in [1.807, 2.05) is 29.0 Å². The maximum absolute atomic E-state index is 5.04. The molecule has 0 saturated heterocycles. The number of hydrogen-bond acceptors (Lipinski definition) is 1. The summed E-state index contributed by atoms with van der Waals surface area (Å²) >= 11 is 8.47. The van der Waals surface area contributed by atoms with Gasteiger partial charge >= 0.3 is 0 Å². The summed E-state index contributed by atoms with van der Waals surface area (Å²) in [6, 6.07) is 8.14. The number of hydrogen-bond donors (Lipinski definition) is 0. The van der Waals surface area contributed by atoms with Gasteiger partial charge in [-0.05, 0) is 24.3 Å². The molecule has 0 saturated carbocycles. The second kappa shape index (κ2) is 3.36. The minimum Gasteiger partial charge on any atom is -0.315 e. The molecule has 4 heteroatoms. The third-order valence-electron chi connectivity index (χ3n) is 1.87. The summed E-state index contributed by atoms with van der Waals surface area (Å²) in [5.74, 6) is 0. The van der Waals surface area contributed by atoms with E-state index >= 15 is 0 Å². The molecule has 2 rings (SSSR count). The van der Waals surface area contributed by atoms with Gasteiger partial charge in [-0.1, -0.05) is 28.1 Å². The molecule has 0 spiro atoms. The Kier molecular flexibility index (Phi) is 2.36. The largest absolute Gasteiger partial charge is 0.315 e. The van der Waals surface area contributed by atoms with Gasteiger partial charge in [0, 0.05) is 16.1 Å². The Morgan fingerprint density at radius 3 is 2.85 bits per heavy atom. The van der Waals surface area contributed by atoms with Gasteiger partial charge in [-0.2, -0.15) is 0 Å². The molecule has 0 bridgehead atoms. The SMILES string of the molecule is [Si]C(=S)n1ccc2cc(Br)ccc21. The summed E-state index contributed by atoms with van der Waals surface area (Å²) < 4.78 is 3.68. The quantitative estimate of drug-likeness (QED) is 0.525. The van der Waals surface area contributed by atoms with Crippen LogP contribution in [0.15, 0.2) is 34.9 Å². The summed E-state index contributed by atoms with van der Waals surface area (Å²) in [5, 5.41) is 1.18. The molecule has 0 fully saturated rings. The molecule has 0 aliphatic rings. The van der Waals surface area contributed by atoms with Crippen molar-refractivity contribution in [1.82, 2.24) is 4.57 Å². The van der Waals surface area contributed by atoms with E-state index in [2.05, 4.69) is 32.2 Å². The Bertz CT molecular complexity index is 477. The van der Waals surface area contributed by atoms with Crippen LogP contribution in [-0.4, -0.2) is 19.4 Å². The van der Waals surface area contributed by atoms with Crippen LogP contribution in [0.25, 0.3) is 10.9 Å². The summed E-state index contributed by atoms with van der Waals surface area (Å²) in [6.07, 6.45) is 1.95. The Labute approximate surface area is 93.3 Å². The lowest BCUT2D eigenvalue weighted by molar-refractivity contribution is 1.28. The molecule has 3 radical (unpaired) electrons. The van der Waals surface area contributed by atoms with Crippen molar-refractivity contribution in [3.05, 3.63) is 34.9 Å². The van der Waals surface area contributed by atoms with Gasteiger partial charge in [0.25, 0.3) is 0 Å². The first-order valence-electron chi connectivity index (χ1n) is 3.71. The van der Waals surface area contributed by atoms with Crippen LogP contribution in [0, 0.1) is 0 Å². The highest BCUT2D eigenvalue weighted by molar-refractivity contribution is 9.10. The van der Waals surface area contributed by atoms with Crippen molar-refractivity contribution in [2.45, 2.75) is 0 Å². The van der Waals surface area contributed by atoms with Crippen LogP contribution in [-0.2, 0) is 0 Å². The van der Waals surface area contributed by atoms with Gasteiger partial charge in [0.15, 0.2) is 0 Å². The Morgan fingerprint density at radius 1 is 1.38 bits per heavy atom. The van der Waals surface area contributed by atoms with E-state index < -0.39 is 0 Å². The Balaban J connectivity index is 2.76. The fraction of sp³-hybridized carbons (Fsp3) is 0. The standard InChI is InChI=1S/C9H5BrNSSi/c10-7-1-2-8-6(5-7)3-4-11(8)9(12)13/h1-5H. The lowest BCUT2D eigenvalue weighted by Crippen LogP contribution is -2.05. The zero-order valence-electron chi connectivity index (χ0n) is 6.62. The lowest BCUT2D eigenvalue weighted by Gasteiger charge is -2.01. The molecule has 13 heavy (non-hydrogen) atoms. The molecular weight excluding hydrogens is 262 g/mol. The van der Waals surface area contributed by atoms with Crippen LogP contribution >= 0.6 is 28.1 Å². The van der Waals surface area contributed by atoms with Crippen molar-refractivity contribution in [3.8, 4) is 0 Å². The fourth-order valence-corrected chi connectivity index (χ4v) is 2.02. The minimum atomic E-state index is 0.678. The van der Waals surface area contributed by atoms with Crippen molar-refractivity contribution in [3.63, 3.8) is 0 Å². The highest BCUT2D eigenvalue weighted by Crippen LogP contribution is 2.20. The van der Waals surface area contributed by atoms with Crippen LogP contribution in [0.2, 0.25) is 0 Å². The highest BCUT2D eigenvalue weighted by atomic mass is 79.9. The zero-order valence-corrected chi connectivity index (χ0v) is 10.0. The molecule has 1 aromatic carbocycles. The molecule has 0 atom stereocenters. The average Bonchev–Trinajstić information content (AvgIpc) is 2.46. The van der Waals surface area contributed by atoms with E-state index in [0.29, 0.717) is 4.61 Å². The Morgan fingerprint density at radius 2 is 2.15 bits per heavy atom. The van der Waals surface area contributed by atoms with Crippen molar-refractivity contribution < 1.29 is 0 Å². The van der Waals surface area contributed by atoms with E-state index in [1.165, 1.54) is 5.39 Å². The van der Waals surface area contributed by atoms with Crippen LogP contribution in [0.4, 0.5) is 0 Å². The van der Waals surface area contributed by atoms with E-state index in [4.69, 9.17) is 12.2 Å². The van der Waals surface area contributed by atoms with E-state index in [0.717, 1.165) is 9.99 Å². The van der Waals surface area contributed by atoms with Crippen LogP contribution in [0.1, 0.15) is 0 Å². The van der Waals surface area contributed by atoms with Crippen LogP contribution < -0.4 is 0 Å². The number of nitrogens with zero attached hydrogens (tertiary/aromatic N) is 1. The van der Waals surface area contributed by atoms with E-state index in [-0.39, 0.29) is 0 Å². The van der Waals surface area contributed by atoms with Gasteiger partial charge in [-0.15, -0.1) is 0 Å². The molecule has 0 N–H and O–H groups in total. The molecule has 0 amide bonds. The van der Waals surface area contributed by atoms with Crippen molar-refractivity contribution in [1.29, 1.82) is 0 Å². The normalized spacial score (nSPS) is 10.6. The average molecular weight is 267 g/mol. The summed E-state index contributed by atoms with van der Waals surface area (Å²) in [7, 11) is 3.33. The summed E-state index contributed by atoms with van der Waals surface area (Å²) in [5.41, 5.74) is 1.11. The predicted octanol–water partition coefficient (Wildman–Crippen LogP) is 2.71. The number of rotatable bonds is 0. The molecule has 1 aromatic heterocycles. The first-order chi connectivity index (χ1) is 6.18. The third-order valence-corrected chi connectivity index (χ3v) is 2.80. The number of fused-ring (bicyclic) bond motifs is 1. The molecule has 63 valence electrons. The fourth-order valence-electron chi connectivity index (χ4n) is 1.29. The number of aromatic nitrogens is 1. The molecular formula is C9H5BrNSSi. The first-order valence-corrected chi connectivity index (χ1v) is 5.41. The maximum atomic E-state index is 5.04. The lowest BCUT2D eigenvalue weighted by atomic mass is 10.2. The minimum absolute atomic E-state index is 0.678. The van der Waals surface area contributed by atoms with Gasteiger partial charge in [0.1, 0.15) is 10.2 Å². The summed E-state index contributed by atoms with van der Waals surface area (Å²) in [6.45, 7) is 0. The molecule has 1 nitrogen and oxygen atoms in total. The van der Waals surface area contributed by atoms with Crippen LogP contribution in [0.3, 0.4) is 0 Å². The van der Waals surface area contributed by atoms with Gasteiger partial charge in [-0.25, -0.2) is 0 Å². The number of halogens is 1. The molecule has 0 unspecified atom stereocenters. The third kappa shape index (κ3) is 1.61. The topological polar surface area (TPSA) is 4.93 Å². The monoisotopic (exact) mass is 266 g/mol. The number of benzene rings is 1. The van der Waals surface area contributed by atoms with Crippen molar-refractivity contribution >= 4 is 53.9 Å². The maximum Gasteiger partial charge on any atom is 0.114 e. The second-order valence-electron chi connectivity index (χ2n) is 2.69. The predicted molar refractivity (Wildman–Crippen MR) is 63.4 cm³/mol. The van der Waals surface area contributed by atoms with Gasteiger partial charge in [0.2, 0.25) is 0 Å². The second-order valence-corrected chi connectivity index (χ2v) is 4.83. The van der Waals surface area contributed by atoms with Crippen LogP contribution in [0.5, 0.6) is 0 Å². The van der Waals surface area contributed by atoms with Crippen molar-refractivity contribution in [2.24, 2.45) is 0 Å². The molecule has 2 aromatic rings. The highest BCUT2D eigenvalue weighted by Gasteiger charge is 2.01.